The zero-order chi connectivity index (χ0) is 19.5. The molecule has 1 amide bonds. The fraction of sp³-hybridized carbons (Fsp3) is 0.200. The molecule has 4 aromatic rings. The Morgan fingerprint density at radius 2 is 1.96 bits per heavy atom. The van der Waals surface area contributed by atoms with E-state index in [2.05, 4.69) is 10.1 Å². The van der Waals surface area contributed by atoms with Gasteiger partial charge in [0.1, 0.15) is 24.0 Å². The van der Waals surface area contributed by atoms with Crippen LogP contribution in [0, 0.1) is 0 Å². The second-order valence-corrected chi connectivity index (χ2v) is 6.50. The maximum atomic E-state index is 13.0. The molecular formula is C20H19N5O3. The third kappa shape index (κ3) is 3.57. The van der Waals surface area contributed by atoms with E-state index >= 15 is 0 Å². The second-order valence-electron chi connectivity index (χ2n) is 6.50. The fourth-order valence-electron chi connectivity index (χ4n) is 3.05. The van der Waals surface area contributed by atoms with E-state index in [4.69, 9.17) is 4.42 Å². The summed E-state index contributed by atoms with van der Waals surface area (Å²) in [6, 6.07) is 13.3. The van der Waals surface area contributed by atoms with Crippen molar-refractivity contribution in [3.05, 3.63) is 82.9 Å². The number of hydrogen-bond acceptors (Lipinski definition) is 5. The first-order chi connectivity index (χ1) is 13.6. The first kappa shape index (κ1) is 17.7. The van der Waals surface area contributed by atoms with E-state index in [9.17, 15) is 9.59 Å². The third-order valence-electron chi connectivity index (χ3n) is 4.52. The molecule has 0 saturated carbocycles. The Labute approximate surface area is 160 Å². The van der Waals surface area contributed by atoms with Gasteiger partial charge in [-0.15, -0.1) is 0 Å². The Morgan fingerprint density at radius 3 is 2.71 bits per heavy atom. The summed E-state index contributed by atoms with van der Waals surface area (Å²) in [7, 11) is 1.72. The van der Waals surface area contributed by atoms with Crippen LogP contribution in [0.3, 0.4) is 0 Å². The lowest BCUT2D eigenvalue weighted by Crippen LogP contribution is -2.35. The summed E-state index contributed by atoms with van der Waals surface area (Å²) >= 11 is 0. The number of carbonyl (C=O) groups is 1. The number of hydrogen-bond donors (Lipinski definition) is 0. The van der Waals surface area contributed by atoms with Crippen molar-refractivity contribution in [2.45, 2.75) is 19.6 Å². The SMILES string of the molecule is Cn1ncc2c(=O)n(CC(=O)N(Cc3ccccc3)Cc3ccco3)cnc21. The summed E-state index contributed by atoms with van der Waals surface area (Å²) in [5, 5.41) is 4.44. The van der Waals surface area contributed by atoms with E-state index in [-0.39, 0.29) is 18.0 Å². The topological polar surface area (TPSA) is 86.2 Å². The summed E-state index contributed by atoms with van der Waals surface area (Å²) in [6.45, 7) is 0.625. The number of aromatic nitrogens is 4. The number of carbonyl (C=O) groups excluding carboxylic acids is 1. The Hall–Kier alpha value is -3.68. The molecule has 0 aliphatic rings. The molecule has 0 unspecified atom stereocenters. The van der Waals surface area contributed by atoms with E-state index in [1.807, 2.05) is 36.4 Å². The minimum atomic E-state index is -0.288. The maximum Gasteiger partial charge on any atom is 0.264 e. The van der Waals surface area contributed by atoms with Crippen LogP contribution in [0.2, 0.25) is 0 Å². The van der Waals surface area contributed by atoms with Crippen molar-refractivity contribution < 1.29 is 9.21 Å². The smallest absolute Gasteiger partial charge is 0.264 e. The number of aryl methyl sites for hydroxylation is 1. The molecule has 0 spiro atoms. The highest BCUT2D eigenvalue weighted by molar-refractivity contribution is 5.77. The van der Waals surface area contributed by atoms with Gasteiger partial charge in [-0.3, -0.25) is 18.8 Å². The zero-order valence-electron chi connectivity index (χ0n) is 15.4. The molecule has 1 aromatic carbocycles. The van der Waals surface area contributed by atoms with Crippen molar-refractivity contribution in [1.29, 1.82) is 0 Å². The highest BCUT2D eigenvalue weighted by atomic mass is 16.3. The largest absolute Gasteiger partial charge is 0.467 e. The Bertz CT molecular complexity index is 1150. The standard InChI is InChI=1S/C20H19N5O3/c1-23-19-17(10-22-23)20(27)25(14-21-19)13-18(26)24(12-16-8-5-9-28-16)11-15-6-3-2-4-7-15/h2-10,14H,11-13H2,1H3. The van der Waals surface area contributed by atoms with Crippen molar-refractivity contribution in [2.75, 3.05) is 0 Å². The van der Waals surface area contributed by atoms with E-state index < -0.39 is 0 Å². The van der Waals surface area contributed by atoms with Gasteiger partial charge in [-0.2, -0.15) is 5.10 Å². The normalized spacial score (nSPS) is 11.0. The van der Waals surface area contributed by atoms with E-state index in [1.165, 1.54) is 21.8 Å². The van der Waals surface area contributed by atoms with Crippen molar-refractivity contribution in [3.63, 3.8) is 0 Å². The molecule has 0 aliphatic carbocycles. The molecule has 0 fully saturated rings. The summed E-state index contributed by atoms with van der Waals surface area (Å²) in [5.74, 6) is 0.477. The molecule has 8 nitrogen and oxygen atoms in total. The molecular weight excluding hydrogens is 358 g/mol. The summed E-state index contributed by atoms with van der Waals surface area (Å²) in [4.78, 5) is 31.6. The molecule has 0 bridgehead atoms. The Kier molecular flexibility index (Phi) is 4.76. The van der Waals surface area contributed by atoms with E-state index in [1.54, 1.807) is 24.3 Å². The van der Waals surface area contributed by atoms with Gasteiger partial charge in [0, 0.05) is 13.6 Å². The first-order valence-corrected chi connectivity index (χ1v) is 8.83. The first-order valence-electron chi connectivity index (χ1n) is 8.83. The van der Waals surface area contributed by atoms with Gasteiger partial charge in [0.2, 0.25) is 5.91 Å². The van der Waals surface area contributed by atoms with Crippen LogP contribution in [0.15, 0.2) is 70.5 Å². The highest BCUT2D eigenvalue weighted by Crippen LogP contribution is 2.12. The van der Waals surface area contributed by atoms with Crippen molar-refractivity contribution in [1.82, 2.24) is 24.2 Å². The van der Waals surface area contributed by atoms with Crippen LogP contribution < -0.4 is 5.56 Å². The Balaban J connectivity index is 1.59. The molecule has 3 heterocycles. The molecule has 0 atom stereocenters. The van der Waals surface area contributed by atoms with Crippen LogP contribution in [0.4, 0.5) is 0 Å². The van der Waals surface area contributed by atoms with Crippen molar-refractivity contribution in [3.8, 4) is 0 Å². The molecule has 142 valence electrons. The number of furan rings is 1. The number of benzene rings is 1. The summed E-state index contributed by atoms with van der Waals surface area (Å²) < 4.78 is 8.24. The molecule has 0 radical (unpaired) electrons. The third-order valence-corrected chi connectivity index (χ3v) is 4.52. The summed E-state index contributed by atoms with van der Waals surface area (Å²) in [6.07, 6.45) is 4.43. The van der Waals surface area contributed by atoms with Crippen LogP contribution in [0.25, 0.3) is 11.0 Å². The number of amides is 1. The highest BCUT2D eigenvalue weighted by Gasteiger charge is 2.18. The molecule has 4 rings (SSSR count). The van der Waals surface area contributed by atoms with E-state index in [0.29, 0.717) is 29.9 Å². The lowest BCUT2D eigenvalue weighted by atomic mass is 10.2. The monoisotopic (exact) mass is 377 g/mol. The number of fused-ring (bicyclic) bond motifs is 1. The molecule has 0 N–H and O–H groups in total. The lowest BCUT2D eigenvalue weighted by molar-refractivity contribution is -0.133. The van der Waals surface area contributed by atoms with Gasteiger partial charge in [0.05, 0.1) is 19.0 Å². The maximum absolute atomic E-state index is 13.0. The minimum absolute atomic E-state index is 0.107. The molecule has 0 aliphatic heterocycles. The van der Waals surface area contributed by atoms with Gasteiger partial charge in [-0.05, 0) is 17.7 Å². The number of rotatable bonds is 6. The van der Waals surface area contributed by atoms with Crippen molar-refractivity contribution >= 4 is 16.9 Å². The van der Waals surface area contributed by atoms with Gasteiger partial charge in [-0.1, -0.05) is 30.3 Å². The van der Waals surface area contributed by atoms with Gasteiger partial charge in [0.25, 0.3) is 5.56 Å². The average Bonchev–Trinajstić information content (AvgIpc) is 3.34. The molecule has 0 saturated heterocycles. The fourth-order valence-corrected chi connectivity index (χ4v) is 3.05. The molecule has 3 aromatic heterocycles. The van der Waals surface area contributed by atoms with Crippen LogP contribution in [-0.2, 0) is 31.5 Å². The van der Waals surface area contributed by atoms with Crippen LogP contribution in [0.1, 0.15) is 11.3 Å². The van der Waals surface area contributed by atoms with Crippen molar-refractivity contribution in [2.24, 2.45) is 7.05 Å². The van der Waals surface area contributed by atoms with Gasteiger partial charge in [-0.25, -0.2) is 4.98 Å². The lowest BCUT2D eigenvalue weighted by Gasteiger charge is -2.22. The zero-order valence-corrected chi connectivity index (χ0v) is 15.4. The van der Waals surface area contributed by atoms with Crippen LogP contribution in [0.5, 0.6) is 0 Å². The van der Waals surface area contributed by atoms with Crippen LogP contribution >= 0.6 is 0 Å². The van der Waals surface area contributed by atoms with Gasteiger partial charge in [0.15, 0.2) is 5.65 Å². The average molecular weight is 377 g/mol. The predicted molar refractivity (Wildman–Crippen MR) is 102 cm³/mol. The number of nitrogens with zero attached hydrogens (tertiary/aromatic N) is 5. The van der Waals surface area contributed by atoms with Gasteiger partial charge >= 0.3 is 0 Å². The minimum Gasteiger partial charge on any atom is -0.467 e. The second kappa shape index (κ2) is 7.51. The molecule has 28 heavy (non-hydrogen) atoms. The summed E-state index contributed by atoms with van der Waals surface area (Å²) in [5.41, 5.74) is 1.20. The van der Waals surface area contributed by atoms with E-state index in [0.717, 1.165) is 5.56 Å². The van der Waals surface area contributed by atoms with Crippen LogP contribution in [-0.4, -0.2) is 30.1 Å². The Morgan fingerprint density at radius 1 is 1.14 bits per heavy atom. The predicted octanol–water partition coefficient (Wildman–Crippen LogP) is 1.95. The molecule has 8 heteroatoms. The quantitative estimate of drug-likeness (QED) is 0.513. The van der Waals surface area contributed by atoms with Gasteiger partial charge < -0.3 is 9.32 Å².